The SMILES string of the molecule is Cc1nc(NC(=O)C2=Cc3cc(Cl)ccc3OC=C2)sc1Cc1ccc(Cl)c(Cl)c1. The minimum Gasteiger partial charge on any atom is -0.464 e. The predicted octanol–water partition coefficient (Wildman–Crippen LogP) is 6.93. The normalized spacial score (nSPS) is 12.6. The fraction of sp³-hybridized carbons (Fsp3) is 0.0909. The van der Waals surface area contributed by atoms with E-state index in [1.165, 1.54) is 17.6 Å². The number of aromatic nitrogens is 1. The summed E-state index contributed by atoms with van der Waals surface area (Å²) in [5.74, 6) is 0.352. The summed E-state index contributed by atoms with van der Waals surface area (Å²) < 4.78 is 5.54. The number of benzene rings is 2. The van der Waals surface area contributed by atoms with E-state index in [0.29, 0.717) is 37.9 Å². The predicted molar refractivity (Wildman–Crippen MR) is 124 cm³/mol. The van der Waals surface area contributed by atoms with Gasteiger partial charge in [0.05, 0.1) is 22.0 Å². The molecule has 4 nitrogen and oxygen atoms in total. The molecular formula is C22H15Cl3N2O2S. The van der Waals surface area contributed by atoms with Gasteiger partial charge in [-0.1, -0.05) is 40.9 Å². The maximum Gasteiger partial charge on any atom is 0.257 e. The lowest BCUT2D eigenvalue weighted by Gasteiger charge is -2.04. The lowest BCUT2D eigenvalue weighted by Crippen LogP contribution is -2.12. The lowest BCUT2D eigenvalue weighted by molar-refractivity contribution is -0.112. The number of nitrogens with zero attached hydrogens (tertiary/aromatic N) is 1. The van der Waals surface area contributed by atoms with Crippen LogP contribution >= 0.6 is 46.1 Å². The second kappa shape index (κ2) is 8.82. The van der Waals surface area contributed by atoms with E-state index in [1.54, 1.807) is 36.4 Å². The number of carbonyl (C=O) groups excluding carboxylic acids is 1. The smallest absolute Gasteiger partial charge is 0.257 e. The van der Waals surface area contributed by atoms with Crippen molar-refractivity contribution in [3.63, 3.8) is 0 Å². The summed E-state index contributed by atoms with van der Waals surface area (Å²) >= 11 is 19.6. The molecule has 0 saturated heterocycles. The molecule has 1 N–H and O–H groups in total. The molecule has 0 saturated carbocycles. The molecular weight excluding hydrogens is 463 g/mol. The van der Waals surface area contributed by atoms with Gasteiger partial charge in [-0.05, 0) is 55.0 Å². The number of hydrogen-bond acceptors (Lipinski definition) is 4. The highest BCUT2D eigenvalue weighted by molar-refractivity contribution is 7.15. The highest BCUT2D eigenvalue weighted by Crippen LogP contribution is 2.30. The molecule has 3 aromatic rings. The molecule has 0 radical (unpaired) electrons. The van der Waals surface area contributed by atoms with Gasteiger partial charge in [-0.2, -0.15) is 0 Å². The molecule has 1 aliphatic rings. The van der Waals surface area contributed by atoms with E-state index >= 15 is 0 Å². The standard InChI is InChI=1S/C22H15Cl3N2O2S/c1-12-20(9-13-2-4-17(24)18(25)8-13)30-22(26-12)27-21(28)14-6-7-29-19-5-3-16(23)11-15(19)10-14/h2-8,10-11H,9H2,1H3,(H,26,27,28). The maximum atomic E-state index is 12.8. The molecule has 152 valence electrons. The van der Waals surface area contributed by atoms with Crippen molar-refractivity contribution in [2.75, 3.05) is 5.32 Å². The van der Waals surface area contributed by atoms with E-state index < -0.39 is 0 Å². The van der Waals surface area contributed by atoms with Crippen LogP contribution in [-0.2, 0) is 11.2 Å². The first kappa shape index (κ1) is 20.9. The van der Waals surface area contributed by atoms with Crippen molar-refractivity contribution in [2.45, 2.75) is 13.3 Å². The largest absolute Gasteiger partial charge is 0.464 e. The second-order valence-corrected chi connectivity index (χ2v) is 8.94. The molecule has 30 heavy (non-hydrogen) atoms. The van der Waals surface area contributed by atoms with Crippen LogP contribution in [0.2, 0.25) is 15.1 Å². The third kappa shape index (κ3) is 4.71. The Bertz CT molecular complexity index is 1200. The van der Waals surface area contributed by atoms with E-state index in [2.05, 4.69) is 10.3 Å². The number of halogens is 3. The van der Waals surface area contributed by atoms with E-state index in [1.807, 2.05) is 19.1 Å². The molecule has 1 aliphatic heterocycles. The van der Waals surface area contributed by atoms with Gasteiger partial charge in [-0.25, -0.2) is 4.98 Å². The fourth-order valence-electron chi connectivity index (χ4n) is 2.93. The second-order valence-electron chi connectivity index (χ2n) is 6.61. The van der Waals surface area contributed by atoms with Gasteiger partial charge in [0.2, 0.25) is 0 Å². The summed E-state index contributed by atoms with van der Waals surface area (Å²) in [6, 6.07) is 10.8. The van der Waals surface area contributed by atoms with E-state index in [9.17, 15) is 4.79 Å². The number of ether oxygens (including phenoxy) is 1. The number of anilines is 1. The number of hydrogen-bond donors (Lipinski definition) is 1. The molecule has 0 atom stereocenters. The fourth-order valence-corrected chi connectivity index (χ4v) is 4.42. The number of rotatable bonds is 4. The number of nitrogens with one attached hydrogen (secondary N) is 1. The van der Waals surface area contributed by atoms with Crippen molar-refractivity contribution in [1.29, 1.82) is 0 Å². The average Bonchev–Trinajstić information content (AvgIpc) is 2.91. The van der Waals surface area contributed by atoms with Crippen molar-refractivity contribution in [1.82, 2.24) is 4.98 Å². The van der Waals surface area contributed by atoms with E-state index in [0.717, 1.165) is 21.7 Å². The average molecular weight is 478 g/mol. The zero-order chi connectivity index (χ0) is 21.3. The Morgan fingerprint density at radius 2 is 1.97 bits per heavy atom. The molecule has 0 unspecified atom stereocenters. The van der Waals surface area contributed by atoms with Crippen LogP contribution in [0.3, 0.4) is 0 Å². The van der Waals surface area contributed by atoms with Gasteiger partial charge in [-0.15, -0.1) is 11.3 Å². The first-order valence-electron chi connectivity index (χ1n) is 8.95. The van der Waals surface area contributed by atoms with Crippen LogP contribution in [0.5, 0.6) is 5.75 Å². The van der Waals surface area contributed by atoms with Crippen LogP contribution in [0.25, 0.3) is 6.08 Å². The summed E-state index contributed by atoms with van der Waals surface area (Å²) in [6.45, 7) is 1.91. The summed E-state index contributed by atoms with van der Waals surface area (Å²) in [5, 5.41) is 4.99. The Labute approximate surface area is 192 Å². The van der Waals surface area contributed by atoms with Gasteiger partial charge in [-0.3, -0.25) is 10.1 Å². The molecule has 0 spiro atoms. The zero-order valence-corrected chi connectivity index (χ0v) is 18.8. The monoisotopic (exact) mass is 476 g/mol. The van der Waals surface area contributed by atoms with Crippen molar-refractivity contribution < 1.29 is 9.53 Å². The van der Waals surface area contributed by atoms with Gasteiger partial charge >= 0.3 is 0 Å². The number of thiazole rings is 1. The summed E-state index contributed by atoms with van der Waals surface area (Å²) in [4.78, 5) is 18.3. The summed E-state index contributed by atoms with van der Waals surface area (Å²) in [7, 11) is 0. The van der Waals surface area contributed by atoms with Gasteiger partial charge in [0.25, 0.3) is 5.91 Å². The Balaban J connectivity index is 1.52. The van der Waals surface area contributed by atoms with Crippen molar-refractivity contribution in [2.24, 2.45) is 0 Å². The molecule has 0 fully saturated rings. The summed E-state index contributed by atoms with van der Waals surface area (Å²) in [6.07, 6.45) is 5.48. The minimum atomic E-state index is -0.280. The lowest BCUT2D eigenvalue weighted by atomic mass is 10.1. The molecule has 1 aromatic heterocycles. The molecule has 8 heteroatoms. The summed E-state index contributed by atoms with van der Waals surface area (Å²) in [5.41, 5.74) is 3.05. The molecule has 0 bridgehead atoms. The Morgan fingerprint density at radius 1 is 1.13 bits per heavy atom. The highest BCUT2D eigenvalue weighted by Gasteiger charge is 2.16. The van der Waals surface area contributed by atoms with Gasteiger partial charge in [0.15, 0.2) is 5.13 Å². The Morgan fingerprint density at radius 3 is 2.77 bits per heavy atom. The van der Waals surface area contributed by atoms with Crippen LogP contribution in [0.1, 0.15) is 21.7 Å². The maximum absolute atomic E-state index is 12.8. The molecule has 4 rings (SSSR count). The number of amides is 1. The van der Waals surface area contributed by atoms with Gasteiger partial charge < -0.3 is 4.74 Å². The van der Waals surface area contributed by atoms with Crippen LogP contribution in [0.15, 0.2) is 54.3 Å². The third-order valence-corrected chi connectivity index (χ3v) is 6.50. The number of fused-ring (bicyclic) bond motifs is 1. The van der Waals surface area contributed by atoms with E-state index in [4.69, 9.17) is 39.5 Å². The highest BCUT2D eigenvalue weighted by atomic mass is 35.5. The molecule has 0 aliphatic carbocycles. The molecule has 1 amide bonds. The Kier molecular flexibility index (Phi) is 6.16. The van der Waals surface area contributed by atoms with Crippen molar-refractivity contribution in [3.05, 3.63) is 91.1 Å². The third-order valence-electron chi connectivity index (χ3n) is 4.45. The van der Waals surface area contributed by atoms with Crippen LogP contribution in [0.4, 0.5) is 5.13 Å². The van der Waals surface area contributed by atoms with Crippen LogP contribution in [0, 0.1) is 6.92 Å². The van der Waals surface area contributed by atoms with Gasteiger partial charge in [0.1, 0.15) is 5.75 Å². The van der Waals surface area contributed by atoms with Gasteiger partial charge in [0, 0.05) is 27.5 Å². The van der Waals surface area contributed by atoms with Crippen LogP contribution < -0.4 is 10.1 Å². The van der Waals surface area contributed by atoms with Crippen molar-refractivity contribution in [3.8, 4) is 5.75 Å². The number of aryl methyl sites for hydroxylation is 1. The topological polar surface area (TPSA) is 51.2 Å². The minimum absolute atomic E-state index is 0.280. The molecule has 2 heterocycles. The first-order chi connectivity index (χ1) is 14.4. The number of carbonyl (C=O) groups is 1. The van der Waals surface area contributed by atoms with Crippen LogP contribution in [-0.4, -0.2) is 10.9 Å². The molecule has 2 aromatic carbocycles. The van der Waals surface area contributed by atoms with E-state index in [-0.39, 0.29) is 5.91 Å². The van der Waals surface area contributed by atoms with Crippen molar-refractivity contribution >= 4 is 63.3 Å². The Hall–Kier alpha value is -2.31. The first-order valence-corrected chi connectivity index (χ1v) is 10.9. The quantitative estimate of drug-likeness (QED) is 0.443. The zero-order valence-electron chi connectivity index (χ0n) is 15.7.